The number of hydrogen-bond acceptors (Lipinski definition) is 9. The highest BCUT2D eigenvalue weighted by Crippen LogP contribution is 2.33. The topological polar surface area (TPSA) is 131 Å². The summed E-state index contributed by atoms with van der Waals surface area (Å²) in [6.45, 7) is 5.92. The number of esters is 2. The first-order valence-electron chi connectivity index (χ1n) is 8.54. The van der Waals surface area contributed by atoms with Gasteiger partial charge in [-0.25, -0.2) is 0 Å². The Labute approximate surface area is 160 Å². The quantitative estimate of drug-likeness (QED) is 0.307. The lowest BCUT2D eigenvalue weighted by Gasteiger charge is -2.43. The van der Waals surface area contributed by atoms with Gasteiger partial charge in [-0.05, 0) is 13.0 Å². The third-order valence-corrected chi connectivity index (χ3v) is 4.38. The predicted octanol–water partition coefficient (Wildman–Crippen LogP) is 2.03. The first kappa shape index (κ1) is 21.3. The van der Waals surface area contributed by atoms with E-state index in [0.717, 1.165) is 6.07 Å². The van der Waals surface area contributed by atoms with Gasteiger partial charge in [-0.3, -0.25) is 24.5 Å². The molecular formula is C18H21NO9. The van der Waals surface area contributed by atoms with Gasteiger partial charge in [-0.1, -0.05) is 6.92 Å². The Kier molecular flexibility index (Phi) is 6.68. The molecule has 0 amide bonds. The lowest BCUT2D eigenvalue weighted by Crippen LogP contribution is -2.57. The van der Waals surface area contributed by atoms with E-state index in [1.165, 1.54) is 26.0 Å². The molecule has 0 N–H and O–H groups in total. The number of rotatable bonds is 6. The van der Waals surface area contributed by atoms with E-state index in [-0.39, 0.29) is 22.9 Å². The van der Waals surface area contributed by atoms with Crippen LogP contribution < -0.4 is 4.74 Å². The number of aldehydes is 1. The zero-order valence-corrected chi connectivity index (χ0v) is 15.8. The minimum absolute atomic E-state index is 0.00563. The summed E-state index contributed by atoms with van der Waals surface area (Å²) in [5.74, 6) is -1.51. The average Bonchev–Trinajstić information content (AvgIpc) is 2.61. The second kappa shape index (κ2) is 8.79. The lowest BCUT2D eigenvalue weighted by atomic mass is 9.91. The predicted molar refractivity (Wildman–Crippen MR) is 93.7 cm³/mol. The number of non-ortho nitro benzene ring substituents is 1. The van der Waals surface area contributed by atoms with Gasteiger partial charge in [0.2, 0.25) is 12.4 Å². The maximum absolute atomic E-state index is 11.6. The number of nitro groups is 1. The molecule has 2 rings (SSSR count). The number of nitrogens with zero attached hydrogens (tertiary/aromatic N) is 1. The minimum Gasteiger partial charge on any atom is -0.460 e. The molecule has 0 aromatic heterocycles. The average molecular weight is 395 g/mol. The maximum Gasteiger partial charge on any atom is 0.303 e. The van der Waals surface area contributed by atoms with Crippen molar-refractivity contribution in [3.63, 3.8) is 0 Å². The molecule has 0 bridgehead atoms. The Hall–Kier alpha value is -3.01. The van der Waals surface area contributed by atoms with E-state index in [1.54, 1.807) is 13.8 Å². The number of carbonyl (C=O) groups excluding carboxylic acids is 3. The Morgan fingerprint density at radius 2 is 1.75 bits per heavy atom. The van der Waals surface area contributed by atoms with Crippen molar-refractivity contribution in [2.75, 3.05) is 0 Å². The van der Waals surface area contributed by atoms with Crippen molar-refractivity contribution in [2.45, 2.75) is 52.3 Å². The van der Waals surface area contributed by atoms with Crippen LogP contribution in [-0.4, -0.2) is 47.8 Å². The highest BCUT2D eigenvalue weighted by Gasteiger charge is 2.48. The van der Waals surface area contributed by atoms with Crippen molar-refractivity contribution in [2.24, 2.45) is 5.92 Å². The molecule has 1 heterocycles. The summed E-state index contributed by atoms with van der Waals surface area (Å²) in [4.78, 5) is 44.7. The molecule has 10 nitrogen and oxygen atoms in total. The third kappa shape index (κ3) is 4.83. The summed E-state index contributed by atoms with van der Waals surface area (Å²) in [6.07, 6.45) is -3.16. The van der Waals surface area contributed by atoms with Crippen molar-refractivity contribution in [3.8, 4) is 5.75 Å². The Balaban J connectivity index is 2.37. The molecule has 0 spiro atoms. The monoisotopic (exact) mass is 395 g/mol. The summed E-state index contributed by atoms with van der Waals surface area (Å²) >= 11 is 0. The smallest absolute Gasteiger partial charge is 0.303 e. The molecule has 0 unspecified atom stereocenters. The molecule has 1 fully saturated rings. The number of carbonyl (C=O) groups is 3. The van der Waals surface area contributed by atoms with Gasteiger partial charge in [0, 0.05) is 31.9 Å². The van der Waals surface area contributed by atoms with Crippen LogP contribution in [-0.2, 0) is 23.8 Å². The van der Waals surface area contributed by atoms with Crippen LogP contribution in [0.2, 0.25) is 0 Å². The Bertz CT molecular complexity index is 778. The van der Waals surface area contributed by atoms with Gasteiger partial charge in [0.25, 0.3) is 5.69 Å². The van der Waals surface area contributed by atoms with Crippen molar-refractivity contribution < 1.29 is 38.3 Å². The van der Waals surface area contributed by atoms with Gasteiger partial charge in [0.05, 0.1) is 16.6 Å². The summed E-state index contributed by atoms with van der Waals surface area (Å²) in [6, 6.07) is 3.47. The number of hydrogen-bond donors (Lipinski definition) is 0. The lowest BCUT2D eigenvalue weighted by molar-refractivity contribution is -0.384. The second-order valence-corrected chi connectivity index (χ2v) is 6.43. The van der Waals surface area contributed by atoms with Crippen LogP contribution in [0, 0.1) is 16.0 Å². The zero-order chi connectivity index (χ0) is 21.0. The molecule has 0 saturated carbocycles. The molecule has 152 valence electrons. The van der Waals surface area contributed by atoms with Crippen LogP contribution in [0.4, 0.5) is 5.69 Å². The zero-order valence-electron chi connectivity index (χ0n) is 15.8. The molecule has 5 atom stereocenters. The van der Waals surface area contributed by atoms with Crippen LogP contribution in [0.1, 0.15) is 38.1 Å². The SMILES string of the molecule is CC(=O)O[C@H]1[C@H](Oc2ccc([N+](=O)[O-])cc2C=O)O[C@H](C)[C@@H](C)[C@@H]1OC(C)=O. The van der Waals surface area contributed by atoms with Crippen LogP contribution in [0.3, 0.4) is 0 Å². The highest BCUT2D eigenvalue weighted by molar-refractivity contribution is 5.80. The summed E-state index contributed by atoms with van der Waals surface area (Å²) in [5, 5.41) is 10.9. The first-order chi connectivity index (χ1) is 13.1. The number of nitro benzene ring substituents is 1. The van der Waals surface area contributed by atoms with E-state index in [2.05, 4.69) is 0 Å². The highest BCUT2D eigenvalue weighted by atomic mass is 16.7. The molecule has 1 aliphatic rings. The first-order valence-corrected chi connectivity index (χ1v) is 8.54. The van der Waals surface area contributed by atoms with Crippen molar-refractivity contribution >= 4 is 23.9 Å². The fourth-order valence-corrected chi connectivity index (χ4v) is 2.88. The van der Waals surface area contributed by atoms with Gasteiger partial charge in [-0.15, -0.1) is 0 Å². The molecule has 1 saturated heterocycles. The van der Waals surface area contributed by atoms with E-state index < -0.39 is 41.5 Å². The van der Waals surface area contributed by atoms with E-state index in [1.807, 2.05) is 0 Å². The van der Waals surface area contributed by atoms with Gasteiger partial charge in [0.15, 0.2) is 6.29 Å². The summed E-state index contributed by atoms with van der Waals surface area (Å²) < 4.78 is 22.1. The molecule has 0 aliphatic carbocycles. The number of ether oxygens (including phenoxy) is 4. The van der Waals surface area contributed by atoms with E-state index in [0.29, 0.717) is 6.29 Å². The minimum atomic E-state index is -1.19. The molecule has 1 aromatic carbocycles. The molecule has 1 aromatic rings. The fourth-order valence-electron chi connectivity index (χ4n) is 2.88. The van der Waals surface area contributed by atoms with Gasteiger partial charge in [0.1, 0.15) is 11.9 Å². The van der Waals surface area contributed by atoms with Crippen molar-refractivity contribution in [3.05, 3.63) is 33.9 Å². The summed E-state index contributed by atoms with van der Waals surface area (Å²) in [5.41, 5.74) is -0.356. The number of benzene rings is 1. The molecule has 10 heteroatoms. The summed E-state index contributed by atoms with van der Waals surface area (Å²) in [7, 11) is 0. The van der Waals surface area contributed by atoms with Crippen LogP contribution >= 0.6 is 0 Å². The van der Waals surface area contributed by atoms with Gasteiger partial charge in [-0.2, -0.15) is 0 Å². The Morgan fingerprint density at radius 1 is 1.14 bits per heavy atom. The normalized spacial score (nSPS) is 26.8. The Morgan fingerprint density at radius 3 is 2.29 bits per heavy atom. The van der Waals surface area contributed by atoms with E-state index in [4.69, 9.17) is 18.9 Å². The standard InChI is InChI=1S/C18H21NO9/c1-9-10(2)25-18(17(27-12(4)22)16(9)26-11(3)21)28-15-6-5-14(19(23)24)7-13(15)8-20/h5-10,16-18H,1-4H3/t9-,10-,16+,17-,18+/m1/s1. The fraction of sp³-hybridized carbons (Fsp3) is 0.500. The van der Waals surface area contributed by atoms with Crippen LogP contribution in [0.15, 0.2) is 18.2 Å². The van der Waals surface area contributed by atoms with E-state index in [9.17, 15) is 24.5 Å². The molecular weight excluding hydrogens is 374 g/mol. The van der Waals surface area contributed by atoms with E-state index >= 15 is 0 Å². The van der Waals surface area contributed by atoms with Crippen LogP contribution in [0.25, 0.3) is 0 Å². The van der Waals surface area contributed by atoms with Gasteiger partial charge >= 0.3 is 11.9 Å². The molecule has 0 radical (unpaired) electrons. The molecule has 28 heavy (non-hydrogen) atoms. The van der Waals surface area contributed by atoms with Gasteiger partial charge < -0.3 is 18.9 Å². The molecule has 1 aliphatic heterocycles. The second-order valence-electron chi connectivity index (χ2n) is 6.43. The largest absolute Gasteiger partial charge is 0.460 e. The third-order valence-electron chi connectivity index (χ3n) is 4.38. The van der Waals surface area contributed by atoms with Crippen LogP contribution in [0.5, 0.6) is 5.75 Å². The van der Waals surface area contributed by atoms with Crippen molar-refractivity contribution in [1.29, 1.82) is 0 Å². The van der Waals surface area contributed by atoms with Crippen molar-refractivity contribution in [1.82, 2.24) is 0 Å². The maximum atomic E-state index is 11.6.